The molecule has 1 atom stereocenters. The first-order valence-electron chi connectivity index (χ1n) is 3.75. The second-order valence-corrected chi connectivity index (χ2v) is 2.68. The zero-order valence-electron chi connectivity index (χ0n) is 6.96. The van der Waals surface area contributed by atoms with Crippen molar-refractivity contribution >= 4 is 5.91 Å². The van der Waals surface area contributed by atoms with Gasteiger partial charge in [0.05, 0.1) is 13.2 Å². The average molecular weight is 158 g/mol. The molecule has 1 rings (SSSR count). The Morgan fingerprint density at radius 3 is 3.09 bits per heavy atom. The number of nitrogens with zero attached hydrogens (tertiary/aromatic N) is 1. The molecule has 1 heterocycles. The number of hydrogen-bond donors (Lipinski definition) is 1. The van der Waals surface area contributed by atoms with Crippen molar-refractivity contribution < 1.29 is 9.53 Å². The quantitative estimate of drug-likeness (QED) is 0.535. The third-order valence-electron chi connectivity index (χ3n) is 1.88. The lowest BCUT2D eigenvalue weighted by Gasteiger charge is -2.17. The molecule has 1 unspecified atom stereocenters. The van der Waals surface area contributed by atoms with Crippen molar-refractivity contribution in [3.05, 3.63) is 0 Å². The van der Waals surface area contributed by atoms with Crippen LogP contribution in [0.15, 0.2) is 0 Å². The van der Waals surface area contributed by atoms with Crippen LogP contribution in [-0.4, -0.2) is 50.7 Å². The van der Waals surface area contributed by atoms with Gasteiger partial charge in [-0.1, -0.05) is 0 Å². The molecule has 0 aromatic heterocycles. The maximum atomic E-state index is 11.4. The summed E-state index contributed by atoms with van der Waals surface area (Å²) in [5.41, 5.74) is 0. The molecule has 0 aliphatic carbocycles. The minimum atomic E-state index is -0.164. The number of carbonyl (C=O) groups is 1. The summed E-state index contributed by atoms with van der Waals surface area (Å²) in [5, 5.41) is 2.91. The van der Waals surface area contributed by atoms with Crippen LogP contribution in [0.25, 0.3) is 0 Å². The van der Waals surface area contributed by atoms with E-state index in [9.17, 15) is 4.79 Å². The lowest BCUT2D eigenvalue weighted by molar-refractivity contribution is -0.131. The number of likely N-dealkylation sites (N-methyl/N-ethyl adjacent to an activating group) is 2. The van der Waals surface area contributed by atoms with E-state index in [0.29, 0.717) is 19.8 Å². The molecule has 0 aromatic rings. The van der Waals surface area contributed by atoms with E-state index in [1.54, 1.807) is 19.0 Å². The molecule has 4 nitrogen and oxygen atoms in total. The predicted octanol–water partition coefficient (Wildman–Crippen LogP) is -0.937. The van der Waals surface area contributed by atoms with E-state index in [1.165, 1.54) is 0 Å². The monoisotopic (exact) mass is 158 g/mol. The summed E-state index contributed by atoms with van der Waals surface area (Å²) in [4.78, 5) is 13.0. The maximum Gasteiger partial charge on any atom is 0.241 e. The van der Waals surface area contributed by atoms with Crippen molar-refractivity contribution in [3.8, 4) is 0 Å². The van der Waals surface area contributed by atoms with E-state index < -0.39 is 0 Å². The van der Waals surface area contributed by atoms with Gasteiger partial charge in [-0.05, 0) is 7.05 Å². The first kappa shape index (κ1) is 8.49. The number of amides is 1. The molecular weight excluding hydrogens is 144 g/mol. The van der Waals surface area contributed by atoms with Crippen LogP contribution < -0.4 is 5.32 Å². The third kappa shape index (κ3) is 1.91. The molecule has 1 aliphatic rings. The SMILES string of the molecule is CNC1COCCN(C)C1=O. The van der Waals surface area contributed by atoms with E-state index in [4.69, 9.17) is 4.74 Å². The topological polar surface area (TPSA) is 41.6 Å². The summed E-state index contributed by atoms with van der Waals surface area (Å²) in [7, 11) is 3.56. The van der Waals surface area contributed by atoms with Gasteiger partial charge in [0, 0.05) is 13.6 Å². The largest absolute Gasteiger partial charge is 0.377 e. The van der Waals surface area contributed by atoms with Gasteiger partial charge in [-0.25, -0.2) is 0 Å². The number of carbonyl (C=O) groups excluding carboxylic acids is 1. The summed E-state index contributed by atoms with van der Waals surface area (Å²) < 4.78 is 5.21. The average Bonchev–Trinajstić information content (AvgIpc) is 2.16. The summed E-state index contributed by atoms with van der Waals surface area (Å²) in [5.74, 6) is 0.116. The van der Waals surface area contributed by atoms with Crippen LogP contribution >= 0.6 is 0 Å². The molecule has 1 aliphatic heterocycles. The molecule has 0 spiro atoms. The van der Waals surface area contributed by atoms with Crippen molar-refractivity contribution in [2.24, 2.45) is 0 Å². The molecule has 4 heteroatoms. The van der Waals surface area contributed by atoms with Crippen molar-refractivity contribution in [3.63, 3.8) is 0 Å². The van der Waals surface area contributed by atoms with Gasteiger partial charge < -0.3 is 15.0 Å². The number of nitrogens with one attached hydrogen (secondary N) is 1. The van der Waals surface area contributed by atoms with Crippen LogP contribution in [0.5, 0.6) is 0 Å². The predicted molar refractivity (Wildman–Crippen MR) is 41.3 cm³/mol. The van der Waals surface area contributed by atoms with Gasteiger partial charge in [-0.3, -0.25) is 4.79 Å². The molecule has 0 radical (unpaired) electrons. The Morgan fingerprint density at radius 1 is 1.73 bits per heavy atom. The van der Waals surface area contributed by atoms with Gasteiger partial charge in [0.15, 0.2) is 0 Å². The van der Waals surface area contributed by atoms with Gasteiger partial charge in [0.2, 0.25) is 5.91 Å². The van der Waals surface area contributed by atoms with Crippen molar-refractivity contribution in [1.82, 2.24) is 10.2 Å². The summed E-state index contributed by atoms with van der Waals surface area (Å²) >= 11 is 0. The first-order chi connectivity index (χ1) is 5.25. The fourth-order valence-electron chi connectivity index (χ4n) is 1.06. The zero-order valence-corrected chi connectivity index (χ0v) is 6.96. The molecule has 1 fully saturated rings. The Morgan fingerprint density at radius 2 is 2.45 bits per heavy atom. The second-order valence-electron chi connectivity index (χ2n) is 2.68. The summed E-state index contributed by atoms with van der Waals surface area (Å²) in [6, 6.07) is -0.164. The Hall–Kier alpha value is -0.610. The highest BCUT2D eigenvalue weighted by molar-refractivity contribution is 5.81. The van der Waals surface area contributed by atoms with Crippen LogP contribution in [0, 0.1) is 0 Å². The van der Waals surface area contributed by atoms with Gasteiger partial charge in [-0.15, -0.1) is 0 Å². The highest BCUT2D eigenvalue weighted by atomic mass is 16.5. The van der Waals surface area contributed by atoms with E-state index in [1.807, 2.05) is 0 Å². The number of hydrogen-bond acceptors (Lipinski definition) is 3. The highest BCUT2D eigenvalue weighted by Crippen LogP contribution is 1.98. The molecular formula is C7H14N2O2. The van der Waals surface area contributed by atoms with E-state index in [2.05, 4.69) is 5.32 Å². The third-order valence-corrected chi connectivity index (χ3v) is 1.88. The highest BCUT2D eigenvalue weighted by Gasteiger charge is 2.22. The molecule has 11 heavy (non-hydrogen) atoms. The number of ether oxygens (including phenoxy) is 1. The lowest BCUT2D eigenvalue weighted by atomic mass is 10.3. The van der Waals surface area contributed by atoms with Gasteiger partial charge in [0.1, 0.15) is 6.04 Å². The molecule has 0 aromatic carbocycles. The maximum absolute atomic E-state index is 11.4. The first-order valence-corrected chi connectivity index (χ1v) is 3.75. The van der Waals surface area contributed by atoms with E-state index >= 15 is 0 Å². The second kappa shape index (κ2) is 3.69. The lowest BCUT2D eigenvalue weighted by Crippen LogP contribution is -2.44. The summed E-state index contributed by atoms with van der Waals surface area (Å²) in [6.07, 6.45) is 0. The molecule has 0 bridgehead atoms. The fourth-order valence-corrected chi connectivity index (χ4v) is 1.06. The van der Waals surface area contributed by atoms with Gasteiger partial charge in [0.25, 0.3) is 0 Å². The van der Waals surface area contributed by atoms with E-state index in [0.717, 1.165) is 0 Å². The molecule has 1 saturated heterocycles. The number of rotatable bonds is 1. The van der Waals surface area contributed by atoms with Crippen LogP contribution in [0.4, 0.5) is 0 Å². The Kier molecular flexibility index (Phi) is 2.84. The molecule has 64 valence electrons. The molecule has 0 saturated carbocycles. The van der Waals surface area contributed by atoms with Crippen LogP contribution in [0.3, 0.4) is 0 Å². The summed E-state index contributed by atoms with van der Waals surface area (Å²) in [6.45, 7) is 1.82. The van der Waals surface area contributed by atoms with Crippen LogP contribution in [-0.2, 0) is 9.53 Å². The van der Waals surface area contributed by atoms with Gasteiger partial charge in [-0.2, -0.15) is 0 Å². The smallest absolute Gasteiger partial charge is 0.241 e. The van der Waals surface area contributed by atoms with Crippen LogP contribution in [0.1, 0.15) is 0 Å². The van der Waals surface area contributed by atoms with E-state index in [-0.39, 0.29) is 11.9 Å². The van der Waals surface area contributed by atoms with Crippen LogP contribution in [0.2, 0.25) is 0 Å². The Balaban J connectivity index is 2.56. The molecule has 1 amide bonds. The standard InChI is InChI=1S/C7H14N2O2/c1-8-6-5-11-4-3-9(2)7(6)10/h6,8H,3-5H2,1-2H3. The van der Waals surface area contributed by atoms with Crippen molar-refractivity contribution in [2.75, 3.05) is 33.9 Å². The Labute approximate surface area is 66.5 Å². The van der Waals surface area contributed by atoms with Crippen molar-refractivity contribution in [1.29, 1.82) is 0 Å². The zero-order chi connectivity index (χ0) is 8.27. The Bertz CT molecular complexity index is 149. The minimum absolute atomic E-state index is 0.116. The van der Waals surface area contributed by atoms with Gasteiger partial charge >= 0.3 is 0 Å². The normalized spacial score (nSPS) is 26.9. The molecule has 1 N–H and O–H groups in total. The minimum Gasteiger partial charge on any atom is -0.377 e. The fraction of sp³-hybridized carbons (Fsp3) is 0.857. The van der Waals surface area contributed by atoms with Crippen molar-refractivity contribution in [2.45, 2.75) is 6.04 Å².